The monoisotopic (exact) mass is 380 g/mol. The Balaban J connectivity index is 1.60. The highest BCUT2D eigenvalue weighted by atomic mass is 32.2. The third-order valence-corrected chi connectivity index (χ3v) is 4.93. The Labute approximate surface area is 152 Å². The van der Waals surface area contributed by atoms with Crippen LogP contribution < -0.4 is 10.2 Å². The first-order chi connectivity index (χ1) is 12.3. The van der Waals surface area contributed by atoms with Crippen LogP contribution in [0.5, 0.6) is 0 Å². The fourth-order valence-corrected chi connectivity index (χ4v) is 3.47. The number of thioether (sulfide) groups is 1. The maximum Gasteiger partial charge on any atom is 0.416 e. The SMILES string of the molecule is O=C(CN1C(=O)CSc2ccccc21)NCc1ccc(C(F)(F)F)cc1. The van der Waals surface area contributed by atoms with Gasteiger partial charge in [-0.1, -0.05) is 24.3 Å². The lowest BCUT2D eigenvalue weighted by molar-refractivity contribution is -0.137. The predicted octanol–water partition coefficient (Wildman–Crippen LogP) is 3.46. The number of hydrogen-bond donors (Lipinski definition) is 1. The first-order valence-electron chi connectivity index (χ1n) is 7.79. The zero-order valence-electron chi connectivity index (χ0n) is 13.5. The summed E-state index contributed by atoms with van der Waals surface area (Å²) in [5, 5.41) is 2.63. The van der Waals surface area contributed by atoms with Gasteiger partial charge in [0.1, 0.15) is 6.54 Å². The number of carbonyl (C=O) groups excluding carboxylic acids is 2. The van der Waals surface area contributed by atoms with Gasteiger partial charge in [-0.2, -0.15) is 13.2 Å². The molecule has 4 nitrogen and oxygen atoms in total. The molecule has 0 aromatic heterocycles. The number of anilines is 1. The lowest BCUT2D eigenvalue weighted by Gasteiger charge is -2.28. The maximum atomic E-state index is 12.5. The van der Waals surface area contributed by atoms with Crippen LogP contribution >= 0.6 is 11.8 Å². The van der Waals surface area contributed by atoms with Gasteiger partial charge in [0.05, 0.1) is 17.0 Å². The van der Waals surface area contributed by atoms with Crippen LogP contribution in [0, 0.1) is 0 Å². The Morgan fingerprint density at radius 2 is 1.81 bits per heavy atom. The van der Waals surface area contributed by atoms with E-state index in [0.29, 0.717) is 11.3 Å². The summed E-state index contributed by atoms with van der Waals surface area (Å²) >= 11 is 1.43. The van der Waals surface area contributed by atoms with Crippen LogP contribution in [0.3, 0.4) is 0 Å². The number of amides is 2. The third-order valence-electron chi connectivity index (χ3n) is 3.88. The third kappa shape index (κ3) is 4.19. The summed E-state index contributed by atoms with van der Waals surface area (Å²) in [6.45, 7) is -0.0353. The highest BCUT2D eigenvalue weighted by molar-refractivity contribution is 8.00. The maximum absolute atomic E-state index is 12.5. The molecule has 1 heterocycles. The fourth-order valence-electron chi connectivity index (χ4n) is 2.54. The van der Waals surface area contributed by atoms with E-state index >= 15 is 0 Å². The molecular formula is C18H15F3N2O2S. The van der Waals surface area contributed by atoms with Gasteiger partial charge in [-0.25, -0.2) is 0 Å². The molecule has 136 valence electrons. The molecule has 1 aliphatic rings. The van der Waals surface area contributed by atoms with Gasteiger partial charge in [-0.15, -0.1) is 11.8 Å². The fraction of sp³-hybridized carbons (Fsp3) is 0.222. The minimum Gasteiger partial charge on any atom is -0.350 e. The number of nitrogens with zero attached hydrogens (tertiary/aromatic N) is 1. The zero-order chi connectivity index (χ0) is 18.7. The van der Waals surface area contributed by atoms with Crippen molar-refractivity contribution in [2.24, 2.45) is 0 Å². The molecule has 2 amide bonds. The Bertz CT molecular complexity index is 822. The molecular weight excluding hydrogens is 365 g/mol. The Kier molecular flexibility index (Phi) is 5.22. The van der Waals surface area contributed by atoms with Crippen LogP contribution in [0.15, 0.2) is 53.4 Å². The van der Waals surface area contributed by atoms with Gasteiger partial charge in [-0.05, 0) is 29.8 Å². The molecule has 1 aliphatic heterocycles. The standard InChI is InChI=1S/C18H15F3N2O2S/c19-18(20,21)13-7-5-12(6-8-13)9-22-16(24)10-23-14-3-1-2-4-15(14)26-11-17(23)25/h1-8H,9-11H2,(H,22,24). The second-order valence-electron chi connectivity index (χ2n) is 5.71. The largest absolute Gasteiger partial charge is 0.416 e. The van der Waals surface area contributed by atoms with E-state index in [-0.39, 0.29) is 30.7 Å². The van der Waals surface area contributed by atoms with E-state index in [2.05, 4.69) is 5.32 Å². The lowest BCUT2D eigenvalue weighted by atomic mass is 10.1. The number of benzene rings is 2. The van der Waals surface area contributed by atoms with Gasteiger partial charge in [0.2, 0.25) is 11.8 Å². The number of para-hydroxylation sites is 1. The van der Waals surface area contributed by atoms with Gasteiger partial charge >= 0.3 is 6.18 Å². The van der Waals surface area contributed by atoms with Gasteiger partial charge < -0.3 is 10.2 Å². The van der Waals surface area contributed by atoms with Gasteiger partial charge in [0.25, 0.3) is 0 Å². The van der Waals surface area contributed by atoms with E-state index in [9.17, 15) is 22.8 Å². The van der Waals surface area contributed by atoms with E-state index < -0.39 is 11.7 Å². The molecule has 2 aromatic carbocycles. The molecule has 8 heteroatoms. The van der Waals surface area contributed by atoms with Crippen molar-refractivity contribution in [1.29, 1.82) is 0 Å². The van der Waals surface area contributed by atoms with E-state index in [0.717, 1.165) is 17.0 Å². The predicted molar refractivity (Wildman–Crippen MR) is 92.8 cm³/mol. The first kappa shape index (κ1) is 18.3. The van der Waals surface area contributed by atoms with Crippen molar-refractivity contribution in [3.05, 3.63) is 59.7 Å². The van der Waals surface area contributed by atoms with E-state index in [1.807, 2.05) is 12.1 Å². The molecule has 0 atom stereocenters. The zero-order valence-corrected chi connectivity index (χ0v) is 14.4. The molecule has 0 bridgehead atoms. The van der Waals surface area contributed by atoms with Crippen molar-refractivity contribution in [2.45, 2.75) is 17.6 Å². The minimum atomic E-state index is -4.39. The van der Waals surface area contributed by atoms with Crippen molar-refractivity contribution < 1.29 is 22.8 Å². The number of carbonyl (C=O) groups is 2. The topological polar surface area (TPSA) is 49.4 Å². The number of nitrogens with one attached hydrogen (secondary N) is 1. The smallest absolute Gasteiger partial charge is 0.350 e. The van der Waals surface area contributed by atoms with Crippen LogP contribution in [0.25, 0.3) is 0 Å². The van der Waals surface area contributed by atoms with Crippen LogP contribution in [0.1, 0.15) is 11.1 Å². The Morgan fingerprint density at radius 1 is 1.12 bits per heavy atom. The highest BCUT2D eigenvalue weighted by Gasteiger charge is 2.30. The molecule has 0 aliphatic carbocycles. The van der Waals surface area contributed by atoms with Crippen molar-refractivity contribution in [3.8, 4) is 0 Å². The normalized spacial score (nSPS) is 14.1. The molecule has 26 heavy (non-hydrogen) atoms. The Hall–Kier alpha value is -2.48. The number of hydrogen-bond acceptors (Lipinski definition) is 3. The van der Waals surface area contributed by atoms with Crippen LogP contribution in [-0.4, -0.2) is 24.1 Å². The summed E-state index contributed by atoms with van der Waals surface area (Å²) in [6, 6.07) is 11.9. The van der Waals surface area contributed by atoms with Crippen LogP contribution in [0.4, 0.5) is 18.9 Å². The van der Waals surface area contributed by atoms with Crippen molar-refractivity contribution in [3.63, 3.8) is 0 Å². The van der Waals surface area contributed by atoms with Crippen molar-refractivity contribution in [2.75, 3.05) is 17.2 Å². The number of rotatable bonds is 4. The average molecular weight is 380 g/mol. The summed E-state index contributed by atoms with van der Waals surface area (Å²) < 4.78 is 37.6. The molecule has 3 rings (SSSR count). The van der Waals surface area contributed by atoms with Crippen molar-refractivity contribution in [1.82, 2.24) is 5.32 Å². The number of fused-ring (bicyclic) bond motifs is 1. The second-order valence-corrected chi connectivity index (χ2v) is 6.72. The second kappa shape index (κ2) is 7.41. The molecule has 1 N–H and O–H groups in total. The summed E-state index contributed by atoms with van der Waals surface area (Å²) in [6.07, 6.45) is -4.39. The van der Waals surface area contributed by atoms with Crippen LogP contribution in [-0.2, 0) is 22.3 Å². The summed E-state index contributed by atoms with van der Waals surface area (Å²) in [7, 11) is 0. The summed E-state index contributed by atoms with van der Waals surface area (Å²) in [5.74, 6) is -0.262. The lowest BCUT2D eigenvalue weighted by Crippen LogP contribution is -2.43. The quantitative estimate of drug-likeness (QED) is 0.884. The summed E-state index contributed by atoms with van der Waals surface area (Å²) in [4.78, 5) is 26.6. The van der Waals surface area contributed by atoms with E-state index in [1.54, 1.807) is 12.1 Å². The van der Waals surface area contributed by atoms with E-state index in [1.165, 1.54) is 28.8 Å². The number of alkyl halides is 3. The first-order valence-corrected chi connectivity index (χ1v) is 8.78. The number of halogens is 3. The summed E-state index contributed by atoms with van der Waals surface area (Å²) in [5.41, 5.74) is 0.506. The van der Waals surface area contributed by atoms with Crippen molar-refractivity contribution >= 4 is 29.3 Å². The molecule has 0 saturated carbocycles. The minimum absolute atomic E-state index is 0.0927. The average Bonchev–Trinajstić information content (AvgIpc) is 2.62. The Morgan fingerprint density at radius 3 is 2.50 bits per heavy atom. The van der Waals surface area contributed by atoms with Gasteiger partial charge in [-0.3, -0.25) is 9.59 Å². The van der Waals surface area contributed by atoms with E-state index in [4.69, 9.17) is 0 Å². The molecule has 0 unspecified atom stereocenters. The molecule has 0 saturated heterocycles. The molecule has 0 radical (unpaired) electrons. The molecule has 2 aromatic rings. The van der Waals surface area contributed by atoms with Gasteiger partial charge in [0, 0.05) is 11.4 Å². The highest BCUT2D eigenvalue weighted by Crippen LogP contribution is 2.34. The molecule has 0 fully saturated rings. The van der Waals surface area contributed by atoms with Crippen LogP contribution in [0.2, 0.25) is 0 Å². The van der Waals surface area contributed by atoms with Gasteiger partial charge in [0.15, 0.2) is 0 Å². The molecule has 0 spiro atoms.